The Labute approximate surface area is 229 Å². The lowest BCUT2D eigenvalue weighted by atomic mass is 9.85. The van der Waals surface area contributed by atoms with Crippen LogP contribution in [0.5, 0.6) is 0 Å². The van der Waals surface area contributed by atoms with Gasteiger partial charge < -0.3 is 4.57 Å². The van der Waals surface area contributed by atoms with Crippen LogP contribution in [0.4, 0.5) is 0 Å². The van der Waals surface area contributed by atoms with Crippen molar-refractivity contribution in [2.24, 2.45) is 0 Å². The molecule has 39 heavy (non-hydrogen) atoms. The second-order valence-corrected chi connectivity index (χ2v) is 10.2. The van der Waals surface area contributed by atoms with E-state index in [0.29, 0.717) is 5.92 Å². The molecule has 186 valence electrons. The molecule has 1 heteroatoms. The highest BCUT2D eigenvalue weighted by molar-refractivity contribution is 6.10. The number of rotatable bonds is 5. The van der Waals surface area contributed by atoms with Crippen molar-refractivity contribution in [3.63, 3.8) is 0 Å². The van der Waals surface area contributed by atoms with E-state index >= 15 is 0 Å². The molecule has 0 aliphatic carbocycles. The minimum atomic E-state index is 0.293. The van der Waals surface area contributed by atoms with Gasteiger partial charge in [-0.15, -0.1) is 0 Å². The molecule has 0 saturated heterocycles. The Balaban J connectivity index is 1.41. The van der Waals surface area contributed by atoms with Gasteiger partial charge in [0.25, 0.3) is 0 Å². The maximum atomic E-state index is 2.38. The first-order valence-electron chi connectivity index (χ1n) is 13.6. The molecule has 1 heterocycles. The molecule has 0 saturated carbocycles. The standard InChI is InChI=1S/C38H29N/c1-27(28-13-5-2-6-14-28)33-23-21-30(25-35(33)29-15-7-3-8-16-29)31-22-24-38-36(26-31)34-19-11-12-20-37(34)39(38)32-17-9-4-10-18-32/h2-27H,1H3/t27-/m0/s1. The lowest BCUT2D eigenvalue weighted by Gasteiger charge is -2.19. The Kier molecular flexibility index (Phi) is 5.83. The van der Waals surface area contributed by atoms with Gasteiger partial charge in [-0.3, -0.25) is 0 Å². The number of aromatic nitrogens is 1. The average molecular weight is 500 g/mol. The highest BCUT2D eigenvalue weighted by Gasteiger charge is 2.17. The Bertz CT molecular complexity index is 1900. The fourth-order valence-corrected chi connectivity index (χ4v) is 5.91. The smallest absolute Gasteiger partial charge is 0.0541 e. The predicted octanol–water partition coefficient (Wildman–Crippen LogP) is 10.3. The van der Waals surface area contributed by atoms with E-state index in [1.165, 1.54) is 60.9 Å². The van der Waals surface area contributed by atoms with Gasteiger partial charge in [-0.25, -0.2) is 0 Å². The summed E-state index contributed by atoms with van der Waals surface area (Å²) in [6.07, 6.45) is 0. The summed E-state index contributed by atoms with van der Waals surface area (Å²) < 4.78 is 2.37. The maximum absolute atomic E-state index is 2.38. The molecule has 0 spiro atoms. The zero-order valence-electron chi connectivity index (χ0n) is 22.0. The third-order valence-electron chi connectivity index (χ3n) is 7.92. The Morgan fingerprint density at radius 3 is 1.82 bits per heavy atom. The fourth-order valence-electron chi connectivity index (χ4n) is 5.91. The molecular weight excluding hydrogens is 470 g/mol. The van der Waals surface area contributed by atoms with Crippen molar-refractivity contribution >= 4 is 21.8 Å². The van der Waals surface area contributed by atoms with Crippen LogP contribution >= 0.6 is 0 Å². The Morgan fingerprint density at radius 1 is 0.462 bits per heavy atom. The summed E-state index contributed by atoms with van der Waals surface area (Å²) in [5.41, 5.74) is 11.3. The average Bonchev–Trinajstić information content (AvgIpc) is 3.35. The van der Waals surface area contributed by atoms with Crippen LogP contribution in [0.2, 0.25) is 0 Å². The summed E-state index contributed by atoms with van der Waals surface area (Å²) in [5.74, 6) is 0.293. The van der Waals surface area contributed by atoms with Crippen LogP contribution in [0.25, 0.3) is 49.7 Å². The van der Waals surface area contributed by atoms with Crippen LogP contribution in [0.1, 0.15) is 24.0 Å². The largest absolute Gasteiger partial charge is 0.309 e. The molecule has 1 nitrogen and oxygen atoms in total. The lowest BCUT2D eigenvalue weighted by molar-refractivity contribution is 0.925. The molecule has 0 fully saturated rings. The molecule has 0 amide bonds. The van der Waals surface area contributed by atoms with Gasteiger partial charge in [-0.05, 0) is 69.8 Å². The molecule has 0 aliphatic heterocycles. The normalized spacial score (nSPS) is 12.1. The summed E-state index contributed by atoms with van der Waals surface area (Å²) in [7, 11) is 0. The molecule has 1 aromatic heterocycles. The van der Waals surface area contributed by atoms with Crippen LogP contribution in [-0.2, 0) is 0 Å². The SMILES string of the molecule is C[C@@H](c1ccccc1)c1ccc(-c2ccc3c(c2)c2ccccc2n3-c2ccccc2)cc1-c1ccccc1. The topological polar surface area (TPSA) is 4.93 Å². The Morgan fingerprint density at radius 2 is 1.05 bits per heavy atom. The number of nitrogens with zero attached hydrogens (tertiary/aromatic N) is 1. The first-order chi connectivity index (χ1) is 19.3. The highest BCUT2D eigenvalue weighted by atomic mass is 15.0. The molecule has 0 radical (unpaired) electrons. The molecule has 7 rings (SSSR count). The van der Waals surface area contributed by atoms with E-state index in [1.807, 2.05) is 0 Å². The van der Waals surface area contributed by atoms with Crippen LogP contribution in [0.15, 0.2) is 152 Å². The van der Waals surface area contributed by atoms with Crippen LogP contribution < -0.4 is 0 Å². The van der Waals surface area contributed by atoms with E-state index in [0.717, 1.165) is 0 Å². The molecule has 6 aromatic carbocycles. The minimum Gasteiger partial charge on any atom is -0.309 e. The molecule has 0 aliphatic rings. The van der Waals surface area contributed by atoms with Crippen molar-refractivity contribution in [1.82, 2.24) is 4.57 Å². The van der Waals surface area contributed by atoms with Gasteiger partial charge in [0.15, 0.2) is 0 Å². The van der Waals surface area contributed by atoms with Crippen molar-refractivity contribution in [2.45, 2.75) is 12.8 Å². The van der Waals surface area contributed by atoms with Crippen molar-refractivity contribution < 1.29 is 0 Å². The maximum Gasteiger partial charge on any atom is 0.0541 e. The van der Waals surface area contributed by atoms with E-state index in [4.69, 9.17) is 0 Å². The predicted molar refractivity (Wildman–Crippen MR) is 166 cm³/mol. The number of hydrogen-bond donors (Lipinski definition) is 0. The summed E-state index contributed by atoms with van der Waals surface area (Å²) in [6.45, 7) is 2.31. The zero-order valence-corrected chi connectivity index (χ0v) is 22.0. The van der Waals surface area contributed by atoms with Gasteiger partial charge in [-0.2, -0.15) is 0 Å². The van der Waals surface area contributed by atoms with Crippen LogP contribution in [0, 0.1) is 0 Å². The number of benzene rings is 6. The fraction of sp³-hybridized carbons (Fsp3) is 0.0526. The van der Waals surface area contributed by atoms with Crippen LogP contribution in [0.3, 0.4) is 0 Å². The van der Waals surface area contributed by atoms with Gasteiger partial charge in [0.2, 0.25) is 0 Å². The van der Waals surface area contributed by atoms with Gasteiger partial charge in [-0.1, -0.05) is 122 Å². The highest BCUT2D eigenvalue weighted by Crippen LogP contribution is 2.39. The van der Waals surface area contributed by atoms with Gasteiger partial charge in [0.05, 0.1) is 11.0 Å². The van der Waals surface area contributed by atoms with Gasteiger partial charge >= 0.3 is 0 Å². The summed E-state index contributed by atoms with van der Waals surface area (Å²) >= 11 is 0. The van der Waals surface area contributed by atoms with Gasteiger partial charge in [0.1, 0.15) is 0 Å². The molecule has 0 N–H and O–H groups in total. The monoisotopic (exact) mass is 499 g/mol. The summed E-state index contributed by atoms with van der Waals surface area (Å²) in [4.78, 5) is 0. The van der Waals surface area contributed by atoms with E-state index in [1.54, 1.807) is 0 Å². The van der Waals surface area contributed by atoms with E-state index in [2.05, 4.69) is 163 Å². The van der Waals surface area contributed by atoms with E-state index in [-0.39, 0.29) is 0 Å². The number of fused-ring (bicyclic) bond motifs is 3. The third kappa shape index (κ3) is 4.13. The van der Waals surface area contributed by atoms with Crippen molar-refractivity contribution in [1.29, 1.82) is 0 Å². The minimum absolute atomic E-state index is 0.293. The molecule has 0 bridgehead atoms. The Hall–Kier alpha value is -4.88. The molecular formula is C38H29N. The lowest BCUT2D eigenvalue weighted by Crippen LogP contribution is -1.99. The first-order valence-corrected chi connectivity index (χ1v) is 13.6. The summed E-state index contributed by atoms with van der Waals surface area (Å²) in [6, 6.07) is 54.8. The molecule has 0 unspecified atom stereocenters. The molecule has 1 atom stereocenters. The van der Waals surface area contributed by atoms with Crippen LogP contribution in [-0.4, -0.2) is 4.57 Å². The quantitative estimate of drug-likeness (QED) is 0.222. The number of para-hydroxylation sites is 2. The van der Waals surface area contributed by atoms with Crippen molar-refractivity contribution in [2.75, 3.05) is 0 Å². The zero-order chi connectivity index (χ0) is 26.2. The number of hydrogen-bond acceptors (Lipinski definition) is 0. The third-order valence-corrected chi connectivity index (χ3v) is 7.92. The van der Waals surface area contributed by atoms with E-state index in [9.17, 15) is 0 Å². The first kappa shape index (κ1) is 23.3. The van der Waals surface area contributed by atoms with Crippen molar-refractivity contribution in [3.8, 4) is 27.9 Å². The van der Waals surface area contributed by atoms with Crippen molar-refractivity contribution in [3.05, 3.63) is 163 Å². The summed E-state index contributed by atoms with van der Waals surface area (Å²) in [5, 5.41) is 2.55. The van der Waals surface area contributed by atoms with Gasteiger partial charge in [0, 0.05) is 22.4 Å². The molecule has 7 aromatic rings. The second-order valence-electron chi connectivity index (χ2n) is 10.2. The van der Waals surface area contributed by atoms with E-state index < -0.39 is 0 Å². The second kappa shape index (κ2) is 9.78.